The third-order valence-corrected chi connectivity index (χ3v) is 4.52. The van der Waals surface area contributed by atoms with Crippen LogP contribution in [0, 0.1) is 5.92 Å². The van der Waals surface area contributed by atoms with Gasteiger partial charge in [0.2, 0.25) is 5.91 Å². The molecule has 2 unspecified atom stereocenters. The van der Waals surface area contributed by atoms with Crippen LogP contribution in [0.3, 0.4) is 0 Å². The fourth-order valence-electron chi connectivity index (χ4n) is 2.35. The van der Waals surface area contributed by atoms with Crippen LogP contribution in [0.4, 0.5) is 0 Å². The van der Waals surface area contributed by atoms with E-state index >= 15 is 0 Å². The molecule has 0 radical (unpaired) electrons. The third-order valence-electron chi connectivity index (χ3n) is 3.52. The fraction of sp³-hybridized carbons (Fsp3) is 0.615. The number of fused-ring (bicyclic) bond motifs is 1. The second-order valence-corrected chi connectivity index (χ2v) is 5.86. The molecule has 2 rings (SSSR count). The normalized spacial score (nSPS) is 21.1. The van der Waals surface area contributed by atoms with Crippen LogP contribution >= 0.6 is 11.3 Å². The second-order valence-electron chi connectivity index (χ2n) is 4.86. The summed E-state index contributed by atoms with van der Waals surface area (Å²) in [5.41, 5.74) is 6.90. The average molecular weight is 252 g/mol. The van der Waals surface area contributed by atoms with Gasteiger partial charge in [-0.3, -0.25) is 4.79 Å². The van der Waals surface area contributed by atoms with Gasteiger partial charge in [0, 0.05) is 17.8 Å². The largest absolute Gasteiger partial charge is 0.336 e. The second kappa shape index (κ2) is 5.19. The zero-order chi connectivity index (χ0) is 12.4. The number of hydrogen-bond acceptors (Lipinski definition) is 3. The highest BCUT2D eigenvalue weighted by molar-refractivity contribution is 7.10. The highest BCUT2D eigenvalue weighted by atomic mass is 32.1. The van der Waals surface area contributed by atoms with E-state index in [0.717, 1.165) is 13.0 Å². The Bertz CT molecular complexity index is 402. The first-order valence-electron chi connectivity index (χ1n) is 6.19. The summed E-state index contributed by atoms with van der Waals surface area (Å²) in [4.78, 5) is 15.6. The van der Waals surface area contributed by atoms with Gasteiger partial charge in [-0.15, -0.1) is 11.3 Å². The number of rotatable bonds is 3. The molecule has 3 nitrogen and oxygen atoms in total. The standard InChI is InChI=1S/C13H20N2OS/c1-9(8-14)7-13(16)15-5-3-12-11(10(15)2)4-6-17-12/h4,6,9-10H,3,5,7-8,14H2,1-2H3. The first-order chi connectivity index (χ1) is 8.13. The Morgan fingerprint density at radius 1 is 1.71 bits per heavy atom. The summed E-state index contributed by atoms with van der Waals surface area (Å²) in [6.07, 6.45) is 1.57. The molecule has 0 saturated heterocycles. The van der Waals surface area contributed by atoms with E-state index in [4.69, 9.17) is 5.73 Å². The van der Waals surface area contributed by atoms with Crippen LogP contribution in [-0.4, -0.2) is 23.9 Å². The molecule has 0 spiro atoms. The minimum atomic E-state index is 0.225. The summed E-state index contributed by atoms with van der Waals surface area (Å²) in [5.74, 6) is 0.519. The van der Waals surface area contributed by atoms with Gasteiger partial charge in [-0.2, -0.15) is 0 Å². The monoisotopic (exact) mass is 252 g/mol. The van der Waals surface area contributed by atoms with E-state index in [1.54, 1.807) is 11.3 Å². The predicted octanol–water partition coefficient (Wildman–Crippen LogP) is 2.18. The summed E-state index contributed by atoms with van der Waals surface area (Å²) in [5, 5.41) is 2.12. The molecule has 0 bridgehead atoms. The van der Waals surface area contributed by atoms with Gasteiger partial charge in [0.05, 0.1) is 6.04 Å². The molecular weight excluding hydrogens is 232 g/mol. The van der Waals surface area contributed by atoms with E-state index in [1.165, 1.54) is 10.4 Å². The molecule has 2 N–H and O–H groups in total. The summed E-state index contributed by atoms with van der Waals surface area (Å²) in [6.45, 7) is 5.58. The van der Waals surface area contributed by atoms with Crippen molar-refractivity contribution in [3.05, 3.63) is 21.9 Å². The minimum absolute atomic E-state index is 0.225. The van der Waals surface area contributed by atoms with Crippen molar-refractivity contribution in [1.82, 2.24) is 4.90 Å². The van der Waals surface area contributed by atoms with Gasteiger partial charge in [0.1, 0.15) is 0 Å². The van der Waals surface area contributed by atoms with Crippen molar-refractivity contribution in [3.63, 3.8) is 0 Å². The average Bonchev–Trinajstić information content (AvgIpc) is 2.78. The minimum Gasteiger partial charge on any atom is -0.336 e. The first kappa shape index (κ1) is 12.6. The molecule has 0 saturated carbocycles. The van der Waals surface area contributed by atoms with Crippen LogP contribution in [-0.2, 0) is 11.2 Å². The smallest absolute Gasteiger partial charge is 0.223 e. The number of hydrogen-bond donors (Lipinski definition) is 1. The Kier molecular flexibility index (Phi) is 3.84. The molecular formula is C13H20N2OS. The molecule has 1 aromatic rings. The highest BCUT2D eigenvalue weighted by Crippen LogP contribution is 2.33. The number of carbonyl (C=O) groups is 1. The first-order valence-corrected chi connectivity index (χ1v) is 7.07. The number of amides is 1. The van der Waals surface area contributed by atoms with Gasteiger partial charge in [-0.25, -0.2) is 0 Å². The lowest BCUT2D eigenvalue weighted by molar-refractivity contribution is -0.134. The predicted molar refractivity (Wildman–Crippen MR) is 71.0 cm³/mol. The molecule has 94 valence electrons. The zero-order valence-electron chi connectivity index (χ0n) is 10.5. The number of carbonyl (C=O) groups excluding carboxylic acids is 1. The van der Waals surface area contributed by atoms with Gasteiger partial charge in [-0.05, 0) is 42.8 Å². The molecule has 17 heavy (non-hydrogen) atoms. The van der Waals surface area contributed by atoms with Gasteiger partial charge in [0.25, 0.3) is 0 Å². The van der Waals surface area contributed by atoms with Crippen LogP contribution in [0.2, 0.25) is 0 Å². The molecule has 2 heterocycles. The van der Waals surface area contributed by atoms with Crippen LogP contribution in [0.25, 0.3) is 0 Å². The van der Waals surface area contributed by atoms with E-state index in [9.17, 15) is 4.79 Å². The third kappa shape index (κ3) is 2.53. The van der Waals surface area contributed by atoms with Gasteiger partial charge < -0.3 is 10.6 Å². The van der Waals surface area contributed by atoms with Crippen LogP contribution < -0.4 is 5.73 Å². The van der Waals surface area contributed by atoms with Crippen LogP contribution in [0.5, 0.6) is 0 Å². The van der Waals surface area contributed by atoms with E-state index < -0.39 is 0 Å². The topological polar surface area (TPSA) is 46.3 Å². The van der Waals surface area contributed by atoms with Crippen molar-refractivity contribution >= 4 is 17.2 Å². The van der Waals surface area contributed by atoms with E-state index in [2.05, 4.69) is 18.4 Å². The maximum Gasteiger partial charge on any atom is 0.223 e. The summed E-state index contributed by atoms with van der Waals surface area (Å²) in [6, 6.07) is 2.37. The van der Waals surface area contributed by atoms with Gasteiger partial charge >= 0.3 is 0 Å². The molecule has 4 heteroatoms. The summed E-state index contributed by atoms with van der Waals surface area (Å²) >= 11 is 1.80. The van der Waals surface area contributed by atoms with Gasteiger partial charge in [-0.1, -0.05) is 6.92 Å². The summed E-state index contributed by atoms with van der Waals surface area (Å²) < 4.78 is 0. The fourth-order valence-corrected chi connectivity index (χ4v) is 3.31. The molecule has 1 aromatic heterocycles. The van der Waals surface area contributed by atoms with E-state index in [-0.39, 0.29) is 17.9 Å². The maximum absolute atomic E-state index is 12.2. The Labute approximate surface area is 107 Å². The molecule has 2 atom stereocenters. The van der Waals surface area contributed by atoms with Gasteiger partial charge in [0.15, 0.2) is 0 Å². The van der Waals surface area contributed by atoms with Crippen molar-refractivity contribution in [2.45, 2.75) is 32.7 Å². The van der Waals surface area contributed by atoms with Crippen molar-refractivity contribution in [2.75, 3.05) is 13.1 Å². The summed E-state index contributed by atoms with van der Waals surface area (Å²) in [7, 11) is 0. The Morgan fingerprint density at radius 3 is 3.18 bits per heavy atom. The molecule has 0 aliphatic carbocycles. The SMILES string of the molecule is CC(CN)CC(=O)N1CCc2sccc2C1C. The highest BCUT2D eigenvalue weighted by Gasteiger charge is 2.28. The molecule has 0 fully saturated rings. The number of thiophene rings is 1. The van der Waals surface area contributed by atoms with E-state index in [0.29, 0.717) is 13.0 Å². The molecule has 1 amide bonds. The number of nitrogens with two attached hydrogens (primary N) is 1. The Morgan fingerprint density at radius 2 is 2.47 bits per heavy atom. The lowest BCUT2D eigenvalue weighted by Crippen LogP contribution is -2.39. The quantitative estimate of drug-likeness (QED) is 0.896. The van der Waals surface area contributed by atoms with Crippen molar-refractivity contribution in [3.8, 4) is 0 Å². The van der Waals surface area contributed by atoms with Crippen molar-refractivity contribution in [1.29, 1.82) is 0 Å². The Balaban J connectivity index is 2.07. The van der Waals surface area contributed by atoms with Crippen LogP contribution in [0.15, 0.2) is 11.4 Å². The zero-order valence-corrected chi connectivity index (χ0v) is 11.3. The lowest BCUT2D eigenvalue weighted by Gasteiger charge is -2.34. The molecule has 0 aromatic carbocycles. The molecule has 1 aliphatic heterocycles. The van der Waals surface area contributed by atoms with Crippen molar-refractivity contribution in [2.24, 2.45) is 11.7 Å². The van der Waals surface area contributed by atoms with Crippen LogP contribution in [0.1, 0.15) is 36.8 Å². The van der Waals surface area contributed by atoms with E-state index in [1.807, 2.05) is 11.8 Å². The Hall–Kier alpha value is -0.870. The molecule has 1 aliphatic rings. The lowest BCUT2D eigenvalue weighted by atomic mass is 9.99. The number of nitrogens with zero attached hydrogens (tertiary/aromatic N) is 1. The van der Waals surface area contributed by atoms with Crippen molar-refractivity contribution < 1.29 is 4.79 Å². The maximum atomic E-state index is 12.2.